The van der Waals surface area contributed by atoms with Crippen LogP contribution >= 0.6 is 0 Å². The second-order valence-electron chi connectivity index (χ2n) is 2.92. The van der Waals surface area contributed by atoms with Gasteiger partial charge in [-0.05, 0) is 18.2 Å². The summed E-state index contributed by atoms with van der Waals surface area (Å²) in [6, 6.07) is 3.18. The average molecular weight is 250 g/mol. The van der Waals surface area contributed by atoms with Crippen LogP contribution in [0.5, 0.6) is 11.5 Å². The number of carbonyl (C=O) groups excluding carboxylic acids is 1. The molecule has 94 valence electrons. The fraction of sp³-hybridized carbons (Fsp3) is 0.300. The fourth-order valence-corrected chi connectivity index (χ4v) is 1.07. The van der Waals surface area contributed by atoms with E-state index in [1.807, 2.05) is 0 Å². The highest BCUT2D eigenvalue weighted by molar-refractivity contribution is 5.80. The van der Waals surface area contributed by atoms with E-state index in [1.165, 1.54) is 13.2 Å². The lowest BCUT2D eigenvalue weighted by molar-refractivity contribution is -0.274. The van der Waals surface area contributed by atoms with Crippen molar-refractivity contribution >= 4 is 6.29 Å². The van der Waals surface area contributed by atoms with E-state index >= 15 is 0 Å². The highest BCUT2D eigenvalue weighted by Gasteiger charge is 2.31. The number of benzene rings is 1. The number of ether oxygens (including phenoxy) is 3. The largest absolute Gasteiger partial charge is 0.573 e. The molecule has 7 heteroatoms. The Kier molecular flexibility index (Phi) is 4.33. The summed E-state index contributed by atoms with van der Waals surface area (Å²) in [4.78, 5) is 10.7. The van der Waals surface area contributed by atoms with Crippen molar-refractivity contribution in [2.75, 3.05) is 13.9 Å². The molecular formula is C10H9F3O4. The standard InChI is InChI=1S/C10H9F3O4/c1-15-6-16-9-3-2-8(4-7(9)5-14)17-10(11,12)13/h2-5H,6H2,1H3. The van der Waals surface area contributed by atoms with Crippen LogP contribution in [0, 0.1) is 0 Å². The van der Waals surface area contributed by atoms with Crippen LogP contribution in [-0.4, -0.2) is 26.6 Å². The Balaban J connectivity index is 2.88. The monoisotopic (exact) mass is 250 g/mol. The molecule has 1 aromatic rings. The number of hydrogen-bond acceptors (Lipinski definition) is 4. The Morgan fingerprint density at radius 2 is 2.06 bits per heavy atom. The first-order chi connectivity index (χ1) is 7.96. The highest BCUT2D eigenvalue weighted by atomic mass is 19.4. The van der Waals surface area contributed by atoms with Crippen molar-refractivity contribution in [3.63, 3.8) is 0 Å². The number of halogens is 3. The maximum atomic E-state index is 11.9. The van der Waals surface area contributed by atoms with Gasteiger partial charge in [-0.3, -0.25) is 4.79 Å². The van der Waals surface area contributed by atoms with Crippen LogP contribution in [0.1, 0.15) is 10.4 Å². The summed E-state index contributed by atoms with van der Waals surface area (Å²) in [5.41, 5.74) is -0.0520. The van der Waals surface area contributed by atoms with Gasteiger partial charge in [-0.1, -0.05) is 0 Å². The van der Waals surface area contributed by atoms with E-state index < -0.39 is 12.1 Å². The Morgan fingerprint density at radius 3 is 2.59 bits per heavy atom. The van der Waals surface area contributed by atoms with E-state index in [9.17, 15) is 18.0 Å². The van der Waals surface area contributed by atoms with Crippen LogP contribution in [0.25, 0.3) is 0 Å². The zero-order valence-electron chi connectivity index (χ0n) is 8.78. The zero-order valence-corrected chi connectivity index (χ0v) is 8.78. The van der Waals surface area contributed by atoms with E-state index in [4.69, 9.17) is 4.74 Å². The first kappa shape index (κ1) is 13.3. The topological polar surface area (TPSA) is 44.8 Å². The van der Waals surface area contributed by atoms with Gasteiger partial charge in [0.15, 0.2) is 13.1 Å². The third kappa shape index (κ3) is 4.31. The zero-order chi connectivity index (χ0) is 12.9. The molecule has 0 saturated heterocycles. The minimum atomic E-state index is -4.80. The van der Waals surface area contributed by atoms with Gasteiger partial charge in [0.1, 0.15) is 11.5 Å². The van der Waals surface area contributed by atoms with Crippen molar-refractivity contribution in [2.24, 2.45) is 0 Å². The number of aldehydes is 1. The van der Waals surface area contributed by atoms with Crippen molar-refractivity contribution in [1.82, 2.24) is 0 Å². The van der Waals surface area contributed by atoms with Gasteiger partial charge in [-0.15, -0.1) is 13.2 Å². The second-order valence-corrected chi connectivity index (χ2v) is 2.92. The molecule has 0 aromatic heterocycles. The van der Waals surface area contributed by atoms with Crippen molar-refractivity contribution < 1.29 is 32.2 Å². The van der Waals surface area contributed by atoms with Crippen molar-refractivity contribution in [3.05, 3.63) is 23.8 Å². The molecule has 0 aliphatic heterocycles. The van der Waals surface area contributed by atoms with E-state index in [1.54, 1.807) is 0 Å². The fourth-order valence-electron chi connectivity index (χ4n) is 1.07. The number of rotatable bonds is 5. The molecular weight excluding hydrogens is 241 g/mol. The average Bonchev–Trinajstić information content (AvgIpc) is 2.25. The number of carbonyl (C=O) groups is 1. The van der Waals surface area contributed by atoms with Crippen molar-refractivity contribution in [1.29, 1.82) is 0 Å². The van der Waals surface area contributed by atoms with Crippen LogP contribution in [0.2, 0.25) is 0 Å². The van der Waals surface area contributed by atoms with E-state index in [0.29, 0.717) is 6.29 Å². The van der Waals surface area contributed by atoms with Gasteiger partial charge in [0.2, 0.25) is 0 Å². The quantitative estimate of drug-likeness (QED) is 0.594. The Hall–Kier alpha value is -1.76. The smallest absolute Gasteiger partial charge is 0.467 e. The Bertz CT molecular complexity index is 390. The predicted octanol–water partition coefficient (Wildman–Crippen LogP) is 2.38. The van der Waals surface area contributed by atoms with Gasteiger partial charge < -0.3 is 14.2 Å². The SMILES string of the molecule is COCOc1ccc(OC(F)(F)F)cc1C=O. The molecule has 0 atom stereocenters. The molecule has 1 rings (SSSR count). The summed E-state index contributed by atoms with van der Waals surface area (Å²) in [6.07, 6.45) is -4.43. The molecule has 0 fully saturated rings. The molecule has 0 aliphatic carbocycles. The molecule has 0 saturated carbocycles. The van der Waals surface area contributed by atoms with Crippen molar-refractivity contribution in [2.45, 2.75) is 6.36 Å². The molecule has 1 aromatic carbocycles. The van der Waals surface area contributed by atoms with Gasteiger partial charge >= 0.3 is 6.36 Å². The van der Waals surface area contributed by atoms with Crippen LogP contribution in [0.3, 0.4) is 0 Å². The van der Waals surface area contributed by atoms with Gasteiger partial charge in [-0.2, -0.15) is 0 Å². The molecule has 0 aliphatic rings. The molecule has 17 heavy (non-hydrogen) atoms. The lowest BCUT2D eigenvalue weighted by Crippen LogP contribution is -2.17. The summed E-state index contributed by atoms with van der Waals surface area (Å²) in [5.74, 6) is -0.360. The molecule has 0 bridgehead atoms. The van der Waals surface area contributed by atoms with Gasteiger partial charge in [0, 0.05) is 7.11 Å². The molecule has 0 N–H and O–H groups in total. The first-order valence-electron chi connectivity index (χ1n) is 4.43. The third-order valence-corrected chi connectivity index (χ3v) is 1.67. The van der Waals surface area contributed by atoms with Gasteiger partial charge in [0.25, 0.3) is 0 Å². The maximum Gasteiger partial charge on any atom is 0.573 e. The highest BCUT2D eigenvalue weighted by Crippen LogP contribution is 2.27. The minimum Gasteiger partial charge on any atom is -0.467 e. The first-order valence-corrected chi connectivity index (χ1v) is 4.43. The Labute approximate surface area is 94.9 Å². The van der Waals surface area contributed by atoms with Crippen LogP contribution in [-0.2, 0) is 4.74 Å². The molecule has 0 unspecified atom stereocenters. The summed E-state index contributed by atoms with van der Waals surface area (Å²) in [6.45, 7) is -0.111. The summed E-state index contributed by atoms with van der Waals surface area (Å²) >= 11 is 0. The summed E-state index contributed by atoms with van der Waals surface area (Å²) in [5, 5.41) is 0. The normalized spacial score (nSPS) is 11.1. The minimum absolute atomic E-state index is 0.0520. The number of hydrogen-bond donors (Lipinski definition) is 0. The van der Waals surface area contributed by atoms with Gasteiger partial charge in [0.05, 0.1) is 5.56 Å². The maximum absolute atomic E-state index is 11.9. The predicted molar refractivity (Wildman–Crippen MR) is 51.0 cm³/mol. The third-order valence-electron chi connectivity index (χ3n) is 1.67. The second kappa shape index (κ2) is 5.53. The van der Waals surface area contributed by atoms with Crippen LogP contribution < -0.4 is 9.47 Å². The molecule has 0 heterocycles. The van der Waals surface area contributed by atoms with E-state index in [0.717, 1.165) is 12.1 Å². The van der Waals surface area contributed by atoms with E-state index in [-0.39, 0.29) is 18.1 Å². The molecule has 0 spiro atoms. The lowest BCUT2D eigenvalue weighted by atomic mass is 10.2. The number of methoxy groups -OCH3 is 1. The van der Waals surface area contributed by atoms with Crippen LogP contribution in [0.4, 0.5) is 13.2 Å². The molecule has 0 radical (unpaired) electrons. The number of alkyl halides is 3. The molecule has 4 nitrogen and oxygen atoms in total. The summed E-state index contributed by atoms with van der Waals surface area (Å²) in [7, 11) is 1.38. The van der Waals surface area contributed by atoms with Crippen molar-refractivity contribution in [3.8, 4) is 11.5 Å². The van der Waals surface area contributed by atoms with Crippen LogP contribution in [0.15, 0.2) is 18.2 Å². The van der Waals surface area contributed by atoms with E-state index in [2.05, 4.69) is 9.47 Å². The molecule has 0 amide bonds. The Morgan fingerprint density at radius 1 is 1.35 bits per heavy atom. The van der Waals surface area contributed by atoms with Gasteiger partial charge in [-0.25, -0.2) is 0 Å². The summed E-state index contributed by atoms with van der Waals surface area (Å²) < 4.78 is 49.0. The lowest BCUT2D eigenvalue weighted by Gasteiger charge is -2.11.